The Morgan fingerprint density at radius 1 is 1.00 bits per heavy atom. The smallest absolute Gasteiger partial charge is 0.303 e. The maximum Gasteiger partial charge on any atom is 0.466 e. The summed E-state index contributed by atoms with van der Waals surface area (Å²) in [6.45, 7) is 0. The van der Waals surface area contributed by atoms with Crippen LogP contribution in [0.4, 0.5) is 0 Å². The van der Waals surface area contributed by atoms with E-state index in [-0.39, 0.29) is 43.3 Å². The van der Waals surface area contributed by atoms with Crippen molar-refractivity contribution in [1.29, 1.82) is 0 Å². The Morgan fingerprint density at radius 2 is 1.00 bits per heavy atom. The maximum atomic E-state index is 8.88. The molecule has 0 saturated carbocycles. The zero-order valence-electron chi connectivity index (χ0n) is 5.12. The second-order valence-electron chi connectivity index (χ2n) is 0.961. The molecule has 12 heavy (non-hydrogen) atoms. The Balaban J connectivity index is -0.0000000457. The molecule has 0 saturated heterocycles. The molecule has 12 heteroatoms. The molecule has 5 N–H and O–H groups in total. The summed E-state index contributed by atoms with van der Waals surface area (Å²) in [7, 11) is -9.31. The zero-order valence-corrected chi connectivity index (χ0v) is 10.2. The third kappa shape index (κ3) is 642. The Hall–Kier alpha value is 1.38. The van der Waals surface area contributed by atoms with E-state index in [1.165, 1.54) is 0 Å². The van der Waals surface area contributed by atoms with Gasteiger partial charge in [-0.3, -0.25) is 9.11 Å². The molecule has 0 aromatic heterocycles. The monoisotopic (exact) mass is 349 g/mol. The van der Waals surface area contributed by atoms with Crippen LogP contribution in [0, 0.1) is 0 Å². The minimum Gasteiger partial charge on any atom is -0.303 e. The molecule has 0 bridgehead atoms. The van der Waals surface area contributed by atoms with E-state index in [1.54, 1.807) is 0 Å². The Labute approximate surface area is 97.8 Å². The average molecular weight is 351 g/mol. The molecule has 0 atom stereocenters. The van der Waals surface area contributed by atoms with Gasteiger partial charge in [-0.05, 0) is 0 Å². The molecule has 0 aromatic rings. The standard InChI is InChI=1S/Cu.H3O4P.H2O4S.Zr/c;2*1-5(2,3)4;/h;(H3,1,2,3,4);(H2,1,2,3,4);. The molecule has 0 aliphatic rings. The van der Waals surface area contributed by atoms with Crippen LogP contribution < -0.4 is 0 Å². The van der Waals surface area contributed by atoms with E-state index >= 15 is 0 Å². The third-order valence-electron chi connectivity index (χ3n) is 0. The molecule has 0 spiro atoms. The van der Waals surface area contributed by atoms with Crippen LogP contribution >= 0.6 is 7.82 Å². The summed E-state index contributed by atoms with van der Waals surface area (Å²) in [5, 5.41) is 0. The number of hydrogen-bond acceptors (Lipinski definition) is 3. The van der Waals surface area contributed by atoms with Crippen molar-refractivity contribution in [3.05, 3.63) is 0 Å². The molecule has 0 amide bonds. The maximum absolute atomic E-state index is 8.88. The predicted octanol–water partition coefficient (Wildman–Crippen LogP) is -1.59. The molecular weight excluding hydrogens is 346 g/mol. The first kappa shape index (κ1) is 23.3. The summed E-state index contributed by atoms with van der Waals surface area (Å²) in [4.78, 5) is 21.6. The van der Waals surface area contributed by atoms with Crippen LogP contribution in [0.3, 0.4) is 0 Å². The summed E-state index contributed by atoms with van der Waals surface area (Å²) >= 11 is 0. The van der Waals surface area contributed by atoms with Crippen molar-refractivity contribution in [2.75, 3.05) is 0 Å². The third-order valence-corrected chi connectivity index (χ3v) is 0. The minimum absolute atomic E-state index is 0. The molecule has 0 heterocycles. The van der Waals surface area contributed by atoms with E-state index in [9.17, 15) is 0 Å². The van der Waals surface area contributed by atoms with E-state index in [0.717, 1.165) is 0 Å². The Kier molecular flexibility index (Phi) is 17.4. The molecule has 0 aromatic carbocycles. The molecule has 8 nitrogen and oxygen atoms in total. The number of rotatable bonds is 0. The Bertz CT molecular complexity index is 197. The first-order valence-corrected chi connectivity index (χ1v) is 4.44. The van der Waals surface area contributed by atoms with Crippen molar-refractivity contribution in [3.63, 3.8) is 0 Å². The SMILES string of the molecule is O=P(O)(O)O.O=S(=O)(O)O.[Cu].[Zr]. The van der Waals surface area contributed by atoms with Gasteiger partial charge in [-0.25, -0.2) is 4.57 Å². The first-order chi connectivity index (χ1) is 4.00. The topological polar surface area (TPSA) is 152 Å². The van der Waals surface area contributed by atoms with E-state index < -0.39 is 18.2 Å². The summed E-state index contributed by atoms with van der Waals surface area (Å²) < 4.78 is 40.5. The van der Waals surface area contributed by atoms with E-state index in [4.69, 9.17) is 36.8 Å². The van der Waals surface area contributed by atoms with Crippen LogP contribution in [-0.4, -0.2) is 32.2 Å². The molecule has 0 unspecified atom stereocenters. The van der Waals surface area contributed by atoms with E-state index in [0.29, 0.717) is 0 Å². The molecule has 0 rings (SSSR count). The van der Waals surface area contributed by atoms with Gasteiger partial charge in [0.1, 0.15) is 0 Å². The quantitative estimate of drug-likeness (QED) is 0.199. The fourth-order valence-corrected chi connectivity index (χ4v) is 0. The van der Waals surface area contributed by atoms with Gasteiger partial charge in [0, 0.05) is 43.3 Å². The second kappa shape index (κ2) is 8.96. The van der Waals surface area contributed by atoms with Crippen LogP contribution in [0.2, 0.25) is 0 Å². The van der Waals surface area contributed by atoms with Crippen LogP contribution in [-0.2, 0) is 58.2 Å². The number of phosphoric acid groups is 1. The van der Waals surface area contributed by atoms with Gasteiger partial charge < -0.3 is 14.7 Å². The molecule has 0 aliphatic heterocycles. The molecule has 79 valence electrons. The van der Waals surface area contributed by atoms with Crippen LogP contribution in [0.5, 0.6) is 0 Å². The van der Waals surface area contributed by atoms with Gasteiger partial charge in [0.15, 0.2) is 0 Å². The molecule has 0 fully saturated rings. The van der Waals surface area contributed by atoms with Gasteiger partial charge >= 0.3 is 18.2 Å². The molecule has 0 aliphatic carbocycles. The largest absolute Gasteiger partial charge is 0.466 e. The van der Waals surface area contributed by atoms with Crippen molar-refractivity contribution < 1.29 is 80.0 Å². The average Bonchev–Trinajstić information content (AvgIpc) is 1.12. The molecule has 1 radical (unpaired) electrons. The van der Waals surface area contributed by atoms with Crippen LogP contribution in [0.25, 0.3) is 0 Å². The second-order valence-corrected chi connectivity index (χ2v) is 2.88. The van der Waals surface area contributed by atoms with Gasteiger partial charge in [0.2, 0.25) is 0 Å². The Morgan fingerprint density at radius 3 is 1.00 bits per heavy atom. The van der Waals surface area contributed by atoms with Crippen LogP contribution in [0.15, 0.2) is 0 Å². The fourth-order valence-electron chi connectivity index (χ4n) is 0. The molecular formula is H5CuO8PSZr. The minimum atomic E-state index is -4.67. The van der Waals surface area contributed by atoms with Gasteiger partial charge in [-0.1, -0.05) is 0 Å². The zero-order chi connectivity index (χ0) is 9.00. The van der Waals surface area contributed by atoms with Crippen molar-refractivity contribution in [2.24, 2.45) is 0 Å². The van der Waals surface area contributed by atoms with Crippen molar-refractivity contribution >= 4 is 18.2 Å². The predicted molar refractivity (Wildman–Crippen MR) is 28.4 cm³/mol. The van der Waals surface area contributed by atoms with E-state index in [1.807, 2.05) is 0 Å². The van der Waals surface area contributed by atoms with Gasteiger partial charge in [0.25, 0.3) is 0 Å². The van der Waals surface area contributed by atoms with Gasteiger partial charge in [0.05, 0.1) is 0 Å². The van der Waals surface area contributed by atoms with E-state index in [2.05, 4.69) is 0 Å². The summed E-state index contributed by atoms with van der Waals surface area (Å²) in [5.74, 6) is 0. The van der Waals surface area contributed by atoms with Crippen LogP contribution in [0.1, 0.15) is 0 Å². The number of hydrogen-bond donors (Lipinski definition) is 5. The van der Waals surface area contributed by atoms with Crippen molar-refractivity contribution in [3.8, 4) is 0 Å². The summed E-state index contributed by atoms with van der Waals surface area (Å²) in [6.07, 6.45) is 0. The van der Waals surface area contributed by atoms with Gasteiger partial charge in [-0.2, -0.15) is 8.42 Å². The van der Waals surface area contributed by atoms with Crippen molar-refractivity contribution in [1.82, 2.24) is 0 Å². The van der Waals surface area contributed by atoms with Crippen molar-refractivity contribution in [2.45, 2.75) is 0 Å². The first-order valence-electron chi connectivity index (χ1n) is 1.48. The summed E-state index contributed by atoms with van der Waals surface area (Å²) in [6, 6.07) is 0. The fraction of sp³-hybridized carbons (Fsp3) is 0. The summed E-state index contributed by atoms with van der Waals surface area (Å²) in [5.41, 5.74) is 0. The normalized spacial score (nSPS) is 9.75. The van der Waals surface area contributed by atoms with Gasteiger partial charge in [-0.15, -0.1) is 0 Å².